The first-order valence-electron chi connectivity index (χ1n) is 10.8. The lowest BCUT2D eigenvalue weighted by atomic mass is 10.1. The molecule has 1 atom stereocenters. The van der Waals surface area contributed by atoms with E-state index in [4.69, 9.17) is 19.0 Å². The number of aryl methyl sites for hydroxylation is 2. The van der Waals surface area contributed by atoms with Gasteiger partial charge in [-0.3, -0.25) is 0 Å². The van der Waals surface area contributed by atoms with E-state index in [2.05, 4.69) is 25.9 Å². The smallest absolute Gasteiger partial charge is 0.125 e. The van der Waals surface area contributed by atoms with Gasteiger partial charge in [0, 0.05) is 5.56 Å². The number of nitrogens with zero attached hydrogens (tertiary/aromatic N) is 1. The number of ether oxygens (including phenoxy) is 3. The third-order valence-corrected chi connectivity index (χ3v) is 4.84. The Hall–Kier alpha value is -2.95. The topological polar surface area (TPSA) is 49.3 Å². The summed E-state index contributed by atoms with van der Waals surface area (Å²) in [5.74, 6) is 2.64. The fourth-order valence-electron chi connectivity index (χ4n) is 3.24. The summed E-state index contributed by atoms with van der Waals surface area (Å²) in [4.78, 5) is 4.84. The van der Waals surface area contributed by atoms with E-state index in [0.717, 1.165) is 52.5 Å². The van der Waals surface area contributed by atoms with Crippen molar-refractivity contribution in [3.63, 3.8) is 0 Å². The van der Waals surface area contributed by atoms with Gasteiger partial charge >= 0.3 is 0 Å². The lowest BCUT2D eigenvalue weighted by Crippen LogP contribution is -2.15. The molecular formula is C26H35NO4. The van der Waals surface area contributed by atoms with Gasteiger partial charge in [0.15, 0.2) is 0 Å². The molecule has 0 aliphatic heterocycles. The minimum atomic E-state index is 0.0956. The minimum Gasteiger partial charge on any atom is -0.494 e. The number of allylic oxidation sites excluding steroid dienone is 1. The molecular weight excluding hydrogens is 390 g/mol. The zero-order valence-electron chi connectivity index (χ0n) is 19.6. The number of hydrogen-bond acceptors (Lipinski definition) is 5. The molecule has 0 amide bonds. The van der Waals surface area contributed by atoms with E-state index in [1.807, 2.05) is 62.4 Å². The standard InChI is InChI=1S/C26H35NO4/c1-7-8-14-30-25-16-19(2)26(20(3)17-25)31-21(4)11-10-15-29-24-13-9-12-23(18-24)22(5)27-28-6/h7-9,12-13,16-18,21H,10-11,14-15H2,1-6H3/b8-7+,27-22+. The molecule has 0 aromatic heterocycles. The highest BCUT2D eigenvalue weighted by Crippen LogP contribution is 2.30. The lowest BCUT2D eigenvalue weighted by molar-refractivity contribution is 0.191. The van der Waals surface area contributed by atoms with Crippen molar-refractivity contribution in [2.24, 2.45) is 5.16 Å². The fraction of sp³-hybridized carbons (Fsp3) is 0.423. The van der Waals surface area contributed by atoms with Gasteiger partial charge in [-0.2, -0.15) is 0 Å². The second-order valence-corrected chi connectivity index (χ2v) is 7.57. The summed E-state index contributed by atoms with van der Waals surface area (Å²) in [6, 6.07) is 11.9. The molecule has 0 saturated carbocycles. The van der Waals surface area contributed by atoms with Crippen molar-refractivity contribution in [1.29, 1.82) is 0 Å². The Morgan fingerprint density at radius 1 is 1.06 bits per heavy atom. The highest BCUT2D eigenvalue weighted by molar-refractivity contribution is 5.98. The predicted octanol–water partition coefficient (Wildman–Crippen LogP) is 6.26. The van der Waals surface area contributed by atoms with Crippen LogP contribution in [0.2, 0.25) is 0 Å². The van der Waals surface area contributed by atoms with Crippen LogP contribution in [0.15, 0.2) is 53.7 Å². The van der Waals surface area contributed by atoms with E-state index in [1.54, 1.807) is 7.11 Å². The maximum Gasteiger partial charge on any atom is 0.125 e. The Labute approximate surface area is 186 Å². The van der Waals surface area contributed by atoms with Crippen molar-refractivity contribution in [2.45, 2.75) is 53.6 Å². The summed E-state index contributed by atoms with van der Waals surface area (Å²) in [5, 5.41) is 3.97. The molecule has 0 N–H and O–H groups in total. The first-order chi connectivity index (χ1) is 14.9. The van der Waals surface area contributed by atoms with E-state index < -0.39 is 0 Å². The molecule has 1 unspecified atom stereocenters. The van der Waals surface area contributed by atoms with Gasteiger partial charge in [-0.15, -0.1) is 0 Å². The monoisotopic (exact) mass is 425 g/mol. The zero-order chi connectivity index (χ0) is 22.6. The molecule has 2 rings (SSSR count). The molecule has 0 bridgehead atoms. The predicted molar refractivity (Wildman–Crippen MR) is 127 cm³/mol. The second kappa shape index (κ2) is 12.7. The van der Waals surface area contributed by atoms with E-state index >= 15 is 0 Å². The summed E-state index contributed by atoms with van der Waals surface area (Å²) in [5.41, 5.74) is 3.98. The van der Waals surface area contributed by atoms with Crippen molar-refractivity contribution in [3.8, 4) is 17.2 Å². The SMILES string of the molecule is C/C=C/COc1cc(C)c(OC(C)CCCOc2cccc(/C(C)=N/OC)c2)c(C)c1. The lowest BCUT2D eigenvalue weighted by Gasteiger charge is -2.19. The van der Waals surface area contributed by atoms with Crippen molar-refractivity contribution in [1.82, 2.24) is 0 Å². The van der Waals surface area contributed by atoms with E-state index in [-0.39, 0.29) is 6.10 Å². The van der Waals surface area contributed by atoms with Crippen molar-refractivity contribution >= 4 is 5.71 Å². The second-order valence-electron chi connectivity index (χ2n) is 7.57. The normalized spacial score (nSPS) is 12.6. The van der Waals surface area contributed by atoms with Gasteiger partial charge in [-0.1, -0.05) is 29.4 Å². The van der Waals surface area contributed by atoms with E-state index in [9.17, 15) is 0 Å². The van der Waals surface area contributed by atoms with Crippen LogP contribution in [-0.2, 0) is 4.84 Å². The fourth-order valence-corrected chi connectivity index (χ4v) is 3.24. The van der Waals surface area contributed by atoms with Crippen molar-refractivity contribution < 1.29 is 19.0 Å². The zero-order valence-corrected chi connectivity index (χ0v) is 19.6. The summed E-state index contributed by atoms with van der Waals surface area (Å²) >= 11 is 0. The van der Waals surface area contributed by atoms with Gasteiger partial charge in [0.2, 0.25) is 0 Å². The van der Waals surface area contributed by atoms with Crippen molar-refractivity contribution in [3.05, 3.63) is 65.2 Å². The third kappa shape index (κ3) is 8.00. The molecule has 0 aliphatic carbocycles. The Bertz CT molecular complexity index is 866. The van der Waals surface area contributed by atoms with Crippen LogP contribution in [0.5, 0.6) is 17.2 Å². The molecule has 5 nitrogen and oxygen atoms in total. The summed E-state index contributed by atoms with van der Waals surface area (Å²) in [6.07, 6.45) is 5.87. The third-order valence-electron chi connectivity index (χ3n) is 4.84. The quantitative estimate of drug-likeness (QED) is 0.174. The Balaban J connectivity index is 1.83. The van der Waals surface area contributed by atoms with Gasteiger partial charge < -0.3 is 19.0 Å². The van der Waals surface area contributed by atoms with Crippen LogP contribution in [0.1, 0.15) is 50.3 Å². The van der Waals surface area contributed by atoms with Crippen LogP contribution in [0, 0.1) is 13.8 Å². The Morgan fingerprint density at radius 2 is 1.81 bits per heavy atom. The summed E-state index contributed by atoms with van der Waals surface area (Å²) in [7, 11) is 1.55. The largest absolute Gasteiger partial charge is 0.494 e. The number of oxime groups is 1. The maximum atomic E-state index is 6.23. The molecule has 0 fully saturated rings. The summed E-state index contributed by atoms with van der Waals surface area (Å²) in [6.45, 7) is 11.3. The highest BCUT2D eigenvalue weighted by Gasteiger charge is 2.11. The molecule has 168 valence electrons. The van der Waals surface area contributed by atoms with Crippen LogP contribution in [0.3, 0.4) is 0 Å². The highest BCUT2D eigenvalue weighted by atomic mass is 16.6. The van der Waals surface area contributed by atoms with Crippen molar-refractivity contribution in [2.75, 3.05) is 20.3 Å². The molecule has 31 heavy (non-hydrogen) atoms. The Morgan fingerprint density at radius 3 is 2.48 bits per heavy atom. The van der Waals surface area contributed by atoms with Crippen LogP contribution in [0.25, 0.3) is 0 Å². The van der Waals surface area contributed by atoms with Crippen LogP contribution < -0.4 is 14.2 Å². The molecule has 0 heterocycles. The van der Waals surface area contributed by atoms with E-state index in [1.165, 1.54) is 0 Å². The van der Waals surface area contributed by atoms with Gasteiger partial charge in [0.1, 0.15) is 31.0 Å². The van der Waals surface area contributed by atoms with Gasteiger partial charge in [-0.05, 0) is 82.9 Å². The molecule has 5 heteroatoms. The van der Waals surface area contributed by atoms with Gasteiger partial charge in [0.25, 0.3) is 0 Å². The first kappa shape index (κ1) is 24.3. The molecule has 0 aliphatic rings. The van der Waals surface area contributed by atoms with Gasteiger partial charge in [0.05, 0.1) is 18.4 Å². The summed E-state index contributed by atoms with van der Waals surface area (Å²) < 4.78 is 17.9. The average molecular weight is 426 g/mol. The minimum absolute atomic E-state index is 0.0956. The molecule has 0 spiro atoms. The molecule has 2 aromatic rings. The maximum absolute atomic E-state index is 6.23. The molecule has 2 aromatic carbocycles. The van der Waals surface area contributed by atoms with E-state index in [0.29, 0.717) is 13.2 Å². The number of hydrogen-bond donors (Lipinski definition) is 0. The molecule has 0 radical (unpaired) electrons. The van der Waals surface area contributed by atoms with Crippen LogP contribution in [0.4, 0.5) is 0 Å². The Kier molecular flexibility index (Phi) is 9.95. The van der Waals surface area contributed by atoms with Gasteiger partial charge in [-0.25, -0.2) is 0 Å². The number of benzene rings is 2. The average Bonchev–Trinajstić information content (AvgIpc) is 2.74. The number of rotatable bonds is 12. The van der Waals surface area contributed by atoms with Crippen LogP contribution in [-0.4, -0.2) is 32.1 Å². The first-order valence-corrected chi connectivity index (χ1v) is 10.8. The molecule has 0 saturated heterocycles. The van der Waals surface area contributed by atoms with Crippen LogP contribution >= 0.6 is 0 Å².